The van der Waals surface area contributed by atoms with E-state index in [1.807, 2.05) is 22.9 Å². The summed E-state index contributed by atoms with van der Waals surface area (Å²) in [5.41, 5.74) is 3.36. The lowest BCUT2D eigenvalue weighted by Gasteiger charge is -2.17. The Morgan fingerprint density at radius 3 is 2.67 bits per heavy atom. The topological polar surface area (TPSA) is 45.2 Å². The fourth-order valence-electron chi connectivity index (χ4n) is 3.39. The van der Waals surface area contributed by atoms with Crippen molar-refractivity contribution in [2.45, 2.75) is 32.4 Å². The average Bonchev–Trinajstić information content (AvgIpc) is 3.43. The third-order valence-corrected chi connectivity index (χ3v) is 6.74. The lowest BCUT2D eigenvalue weighted by molar-refractivity contribution is -0.120. The third-order valence-electron chi connectivity index (χ3n) is 4.81. The Morgan fingerprint density at radius 2 is 1.89 bits per heavy atom. The fourth-order valence-corrected chi connectivity index (χ4v) is 5.02. The predicted octanol–water partition coefficient (Wildman–Crippen LogP) is 4.33. The maximum atomic E-state index is 12.4. The first-order valence-corrected chi connectivity index (χ1v) is 11.1. The van der Waals surface area contributed by atoms with E-state index < -0.39 is 0 Å². The number of amides is 1. The van der Waals surface area contributed by atoms with Crippen LogP contribution in [0.3, 0.4) is 0 Å². The highest BCUT2D eigenvalue weighted by Gasteiger charge is 2.14. The predicted molar refractivity (Wildman–Crippen MR) is 112 cm³/mol. The van der Waals surface area contributed by atoms with E-state index in [0.29, 0.717) is 13.0 Å². The van der Waals surface area contributed by atoms with Gasteiger partial charge in [-0.2, -0.15) is 0 Å². The molecule has 6 heteroatoms. The number of hydrogen-bond acceptors (Lipinski definition) is 5. The van der Waals surface area contributed by atoms with Gasteiger partial charge in [0.25, 0.3) is 0 Å². The molecule has 4 nitrogen and oxygen atoms in total. The fraction of sp³-hybridized carbons (Fsp3) is 0.333. The quantitative estimate of drug-likeness (QED) is 0.646. The van der Waals surface area contributed by atoms with Crippen molar-refractivity contribution in [1.29, 1.82) is 0 Å². The number of thiazole rings is 1. The zero-order valence-corrected chi connectivity index (χ0v) is 16.8. The van der Waals surface area contributed by atoms with Gasteiger partial charge >= 0.3 is 0 Å². The van der Waals surface area contributed by atoms with Crippen molar-refractivity contribution in [2.75, 3.05) is 13.1 Å². The maximum Gasteiger partial charge on any atom is 0.226 e. The Bertz CT molecular complexity index is 882. The molecular formula is C21H23N3OS2. The maximum absolute atomic E-state index is 12.4. The highest BCUT2D eigenvalue weighted by atomic mass is 32.1. The SMILES string of the molecule is O=C(Cc1csc(-c2cccs2)n1)NCc1ccccc1CN1CCCC1. The molecular weight excluding hydrogens is 374 g/mol. The van der Waals surface area contributed by atoms with E-state index in [-0.39, 0.29) is 5.91 Å². The number of rotatable bonds is 7. The lowest BCUT2D eigenvalue weighted by Crippen LogP contribution is -2.26. The summed E-state index contributed by atoms with van der Waals surface area (Å²) in [6.07, 6.45) is 2.91. The molecule has 1 N–H and O–H groups in total. The minimum atomic E-state index is 0.0222. The summed E-state index contributed by atoms with van der Waals surface area (Å²) in [6, 6.07) is 12.5. The molecule has 4 rings (SSSR count). The average molecular weight is 398 g/mol. The van der Waals surface area contributed by atoms with E-state index in [9.17, 15) is 4.79 Å². The molecule has 0 saturated carbocycles. The summed E-state index contributed by atoms with van der Waals surface area (Å²) in [4.78, 5) is 20.6. The second kappa shape index (κ2) is 8.78. The second-order valence-corrected chi connectivity index (χ2v) is 8.63. The van der Waals surface area contributed by atoms with Gasteiger partial charge in [0.05, 0.1) is 17.0 Å². The van der Waals surface area contributed by atoms with Crippen LogP contribution in [0.1, 0.15) is 29.7 Å². The Balaban J connectivity index is 1.33. The normalized spacial score (nSPS) is 14.5. The van der Waals surface area contributed by atoms with Crippen LogP contribution in [0.2, 0.25) is 0 Å². The second-order valence-electron chi connectivity index (χ2n) is 6.83. The molecule has 1 fully saturated rings. The van der Waals surface area contributed by atoms with Crippen molar-refractivity contribution in [3.63, 3.8) is 0 Å². The molecule has 1 aliphatic rings. The number of nitrogens with one attached hydrogen (secondary N) is 1. The van der Waals surface area contributed by atoms with Gasteiger partial charge in [-0.3, -0.25) is 9.69 Å². The number of hydrogen-bond donors (Lipinski definition) is 1. The highest BCUT2D eigenvalue weighted by Crippen LogP contribution is 2.27. The molecule has 1 aromatic carbocycles. The number of aromatic nitrogens is 1. The van der Waals surface area contributed by atoms with Crippen molar-refractivity contribution < 1.29 is 4.79 Å². The van der Waals surface area contributed by atoms with E-state index in [2.05, 4.69) is 39.5 Å². The van der Waals surface area contributed by atoms with Crippen molar-refractivity contribution in [1.82, 2.24) is 15.2 Å². The van der Waals surface area contributed by atoms with Gasteiger partial charge in [-0.25, -0.2) is 4.98 Å². The summed E-state index contributed by atoms with van der Waals surface area (Å²) in [6.45, 7) is 3.90. The zero-order chi connectivity index (χ0) is 18.5. The van der Waals surface area contributed by atoms with Crippen molar-refractivity contribution in [3.05, 3.63) is 64.0 Å². The van der Waals surface area contributed by atoms with Crippen molar-refractivity contribution in [3.8, 4) is 9.88 Å². The van der Waals surface area contributed by atoms with Crippen LogP contribution in [-0.2, 0) is 24.3 Å². The zero-order valence-electron chi connectivity index (χ0n) is 15.2. The summed E-state index contributed by atoms with van der Waals surface area (Å²) in [5, 5.41) is 8.08. The largest absolute Gasteiger partial charge is 0.352 e. The molecule has 0 radical (unpaired) electrons. The van der Waals surface area contributed by atoms with Crippen LogP contribution in [0.5, 0.6) is 0 Å². The van der Waals surface area contributed by atoms with Gasteiger partial charge in [0.1, 0.15) is 5.01 Å². The number of nitrogens with zero attached hydrogens (tertiary/aromatic N) is 2. The van der Waals surface area contributed by atoms with Crippen LogP contribution in [0, 0.1) is 0 Å². The molecule has 0 bridgehead atoms. The summed E-state index contributed by atoms with van der Waals surface area (Å²) < 4.78 is 0. The standard InChI is InChI=1S/C21H23N3OS2/c25-20(12-18-15-27-21(23-18)19-8-5-11-26-19)22-13-16-6-1-2-7-17(16)14-24-9-3-4-10-24/h1-2,5-8,11,15H,3-4,9-10,12-14H2,(H,22,25). The molecule has 3 heterocycles. The summed E-state index contributed by atoms with van der Waals surface area (Å²) >= 11 is 3.27. The molecule has 1 amide bonds. The van der Waals surface area contributed by atoms with E-state index in [0.717, 1.165) is 22.1 Å². The van der Waals surface area contributed by atoms with E-state index >= 15 is 0 Å². The number of carbonyl (C=O) groups excluding carboxylic acids is 1. The first-order chi connectivity index (χ1) is 13.3. The van der Waals surface area contributed by atoms with E-state index in [1.54, 1.807) is 22.7 Å². The monoisotopic (exact) mass is 397 g/mol. The van der Waals surface area contributed by atoms with Crippen molar-refractivity contribution >= 4 is 28.6 Å². The first kappa shape index (κ1) is 18.3. The number of benzene rings is 1. The minimum absolute atomic E-state index is 0.0222. The molecule has 0 unspecified atom stereocenters. The highest BCUT2D eigenvalue weighted by molar-refractivity contribution is 7.20. The van der Waals surface area contributed by atoms with E-state index in [1.165, 1.54) is 37.1 Å². The van der Waals surface area contributed by atoms with Gasteiger partial charge in [-0.1, -0.05) is 30.3 Å². The van der Waals surface area contributed by atoms with Crippen LogP contribution in [0.15, 0.2) is 47.2 Å². The number of carbonyl (C=O) groups is 1. The molecule has 3 aromatic rings. The van der Waals surface area contributed by atoms with E-state index in [4.69, 9.17) is 0 Å². The molecule has 2 aromatic heterocycles. The Hall–Kier alpha value is -2.02. The Morgan fingerprint density at radius 1 is 1.07 bits per heavy atom. The smallest absolute Gasteiger partial charge is 0.226 e. The molecule has 1 aliphatic heterocycles. The molecule has 1 saturated heterocycles. The van der Waals surface area contributed by atoms with Crippen molar-refractivity contribution in [2.24, 2.45) is 0 Å². The third kappa shape index (κ3) is 4.83. The van der Waals surface area contributed by atoms with Gasteiger partial charge in [0, 0.05) is 18.5 Å². The van der Waals surface area contributed by atoms with Gasteiger partial charge in [0.15, 0.2) is 0 Å². The molecule has 27 heavy (non-hydrogen) atoms. The van der Waals surface area contributed by atoms with Gasteiger partial charge in [-0.05, 0) is 48.5 Å². The van der Waals surface area contributed by atoms with Crippen LogP contribution in [-0.4, -0.2) is 28.9 Å². The lowest BCUT2D eigenvalue weighted by atomic mass is 10.1. The van der Waals surface area contributed by atoms with Gasteiger partial charge < -0.3 is 5.32 Å². The first-order valence-electron chi connectivity index (χ1n) is 9.32. The molecule has 0 aliphatic carbocycles. The summed E-state index contributed by atoms with van der Waals surface area (Å²) in [5.74, 6) is 0.0222. The molecule has 0 atom stereocenters. The van der Waals surface area contributed by atoms with Gasteiger partial charge in [-0.15, -0.1) is 22.7 Å². The minimum Gasteiger partial charge on any atom is -0.352 e. The van der Waals surface area contributed by atoms with Crippen LogP contribution >= 0.6 is 22.7 Å². The molecule has 0 spiro atoms. The Labute approximate surface area is 167 Å². The Kier molecular flexibility index (Phi) is 5.97. The van der Waals surface area contributed by atoms with Crippen LogP contribution in [0.25, 0.3) is 9.88 Å². The number of thiophene rings is 1. The molecule has 140 valence electrons. The van der Waals surface area contributed by atoms with Gasteiger partial charge in [0.2, 0.25) is 5.91 Å². The summed E-state index contributed by atoms with van der Waals surface area (Å²) in [7, 11) is 0. The number of likely N-dealkylation sites (tertiary alicyclic amines) is 1. The van der Waals surface area contributed by atoms with Crippen LogP contribution in [0.4, 0.5) is 0 Å². The van der Waals surface area contributed by atoms with Crippen LogP contribution < -0.4 is 5.32 Å².